The molecule has 1 heterocycles. The molecular weight excluding hydrogens is 278 g/mol. The van der Waals surface area contributed by atoms with E-state index in [1.807, 2.05) is 32.0 Å². The fraction of sp³-hybridized carbons (Fsp3) is 0.412. The summed E-state index contributed by atoms with van der Waals surface area (Å²) in [7, 11) is 0. The molecule has 1 aromatic carbocycles. The molecule has 0 aliphatic rings. The Balaban J connectivity index is 2.37. The van der Waals surface area contributed by atoms with Crippen LogP contribution in [0, 0.1) is 19.8 Å². The van der Waals surface area contributed by atoms with Gasteiger partial charge in [0.05, 0.1) is 5.69 Å². The molecule has 0 aliphatic heterocycles. The minimum atomic E-state index is -0.338. The van der Waals surface area contributed by atoms with E-state index in [4.69, 9.17) is 0 Å². The second-order valence-corrected chi connectivity index (χ2v) is 6.10. The molecule has 2 aromatic rings. The summed E-state index contributed by atoms with van der Waals surface area (Å²) >= 11 is 0. The molecule has 5 heteroatoms. The molecule has 0 amide bonds. The Kier molecular flexibility index (Phi) is 4.98. The van der Waals surface area contributed by atoms with Crippen molar-refractivity contribution in [1.82, 2.24) is 15.1 Å². The molecule has 0 radical (unpaired) electrons. The third-order valence-corrected chi connectivity index (χ3v) is 3.28. The van der Waals surface area contributed by atoms with Crippen molar-refractivity contribution in [3.63, 3.8) is 0 Å². The molecule has 0 atom stereocenters. The highest BCUT2D eigenvalue weighted by atomic mass is 16.3. The smallest absolute Gasteiger partial charge is 0.275 e. The number of benzene rings is 1. The van der Waals surface area contributed by atoms with Crippen molar-refractivity contribution in [3.8, 4) is 11.4 Å². The van der Waals surface area contributed by atoms with E-state index < -0.39 is 0 Å². The van der Waals surface area contributed by atoms with Gasteiger partial charge in [-0.2, -0.15) is 9.78 Å². The van der Waals surface area contributed by atoms with Gasteiger partial charge in [-0.05, 0) is 49.6 Å². The van der Waals surface area contributed by atoms with Crippen LogP contribution in [0.15, 0.2) is 29.1 Å². The average molecular weight is 301 g/mol. The third-order valence-electron chi connectivity index (χ3n) is 3.28. The van der Waals surface area contributed by atoms with Crippen molar-refractivity contribution in [3.05, 3.63) is 51.4 Å². The Bertz CT molecular complexity index is 700. The summed E-state index contributed by atoms with van der Waals surface area (Å²) in [6.45, 7) is 9.42. The fourth-order valence-electron chi connectivity index (χ4n) is 2.35. The van der Waals surface area contributed by atoms with Gasteiger partial charge >= 0.3 is 0 Å². The number of nitrogens with zero attached hydrogens (tertiary/aromatic N) is 2. The number of rotatable bonds is 5. The quantitative estimate of drug-likeness (QED) is 0.889. The summed E-state index contributed by atoms with van der Waals surface area (Å²) in [6, 6.07) is 7.07. The lowest BCUT2D eigenvalue weighted by Crippen LogP contribution is -2.25. The van der Waals surface area contributed by atoms with Gasteiger partial charge in [-0.25, -0.2) is 0 Å². The molecule has 0 aliphatic carbocycles. The van der Waals surface area contributed by atoms with Crippen LogP contribution in [0.3, 0.4) is 0 Å². The van der Waals surface area contributed by atoms with Gasteiger partial charge in [-0.1, -0.05) is 19.9 Å². The highest BCUT2D eigenvalue weighted by molar-refractivity contribution is 5.39. The highest BCUT2D eigenvalue weighted by Crippen LogP contribution is 2.15. The van der Waals surface area contributed by atoms with Crippen LogP contribution < -0.4 is 10.9 Å². The van der Waals surface area contributed by atoms with E-state index >= 15 is 0 Å². The number of hydrogen-bond donors (Lipinski definition) is 2. The Morgan fingerprint density at radius 1 is 1.18 bits per heavy atom. The standard InChI is InChI=1S/C17H23N3O2/c1-11(2)9-18-10-15-16(21)8-17(22)20(19-15)14-6-12(3)5-13(4)7-14/h5-8,11,18,21H,9-10H2,1-4H3. The molecule has 0 unspecified atom stereocenters. The maximum Gasteiger partial charge on any atom is 0.275 e. The maximum absolute atomic E-state index is 12.1. The molecule has 2 N–H and O–H groups in total. The van der Waals surface area contributed by atoms with Gasteiger partial charge in [-0.15, -0.1) is 0 Å². The number of aromatic nitrogens is 2. The van der Waals surface area contributed by atoms with Gasteiger partial charge in [0.25, 0.3) is 5.56 Å². The molecule has 1 aromatic heterocycles. The van der Waals surface area contributed by atoms with Crippen molar-refractivity contribution in [2.45, 2.75) is 34.2 Å². The van der Waals surface area contributed by atoms with Gasteiger partial charge in [0.1, 0.15) is 11.4 Å². The Hall–Kier alpha value is -2.14. The number of hydrogen-bond acceptors (Lipinski definition) is 4. The predicted molar refractivity (Wildman–Crippen MR) is 87.5 cm³/mol. The fourth-order valence-corrected chi connectivity index (χ4v) is 2.35. The lowest BCUT2D eigenvalue weighted by Gasteiger charge is -2.12. The lowest BCUT2D eigenvalue weighted by atomic mass is 10.1. The summed E-state index contributed by atoms with van der Waals surface area (Å²) in [5.74, 6) is 0.439. The van der Waals surface area contributed by atoms with E-state index in [1.165, 1.54) is 10.7 Å². The number of nitrogens with one attached hydrogen (secondary N) is 1. The first kappa shape index (κ1) is 16.2. The van der Waals surface area contributed by atoms with Gasteiger partial charge in [-0.3, -0.25) is 4.79 Å². The summed E-state index contributed by atoms with van der Waals surface area (Å²) in [6.07, 6.45) is 0. The van der Waals surface area contributed by atoms with Gasteiger partial charge in [0, 0.05) is 12.6 Å². The largest absolute Gasteiger partial charge is 0.506 e. The monoisotopic (exact) mass is 301 g/mol. The minimum absolute atomic E-state index is 0.0677. The Morgan fingerprint density at radius 2 is 1.82 bits per heavy atom. The lowest BCUT2D eigenvalue weighted by molar-refractivity contribution is 0.447. The maximum atomic E-state index is 12.1. The molecule has 0 saturated carbocycles. The highest BCUT2D eigenvalue weighted by Gasteiger charge is 2.10. The molecule has 0 fully saturated rings. The number of aromatic hydroxyl groups is 1. The zero-order valence-electron chi connectivity index (χ0n) is 13.6. The predicted octanol–water partition coefficient (Wildman–Crippen LogP) is 2.30. The van der Waals surface area contributed by atoms with E-state index in [1.54, 1.807) is 0 Å². The zero-order valence-corrected chi connectivity index (χ0v) is 13.6. The van der Waals surface area contributed by atoms with Gasteiger partial charge in [0.2, 0.25) is 0 Å². The van der Waals surface area contributed by atoms with Crippen LogP contribution in [0.2, 0.25) is 0 Å². The molecule has 22 heavy (non-hydrogen) atoms. The first-order valence-electron chi connectivity index (χ1n) is 7.48. The van der Waals surface area contributed by atoms with Crippen LogP contribution in [-0.2, 0) is 6.54 Å². The van der Waals surface area contributed by atoms with E-state index in [0.29, 0.717) is 23.8 Å². The van der Waals surface area contributed by atoms with Gasteiger partial charge in [0.15, 0.2) is 0 Å². The summed E-state index contributed by atoms with van der Waals surface area (Å²) in [4.78, 5) is 12.1. The van der Waals surface area contributed by atoms with E-state index in [0.717, 1.165) is 17.7 Å². The van der Waals surface area contributed by atoms with Crippen LogP contribution in [0.1, 0.15) is 30.7 Å². The number of aryl methyl sites for hydroxylation is 2. The second kappa shape index (κ2) is 6.75. The summed E-state index contributed by atoms with van der Waals surface area (Å²) < 4.78 is 1.34. The van der Waals surface area contributed by atoms with E-state index in [2.05, 4.69) is 24.3 Å². The Morgan fingerprint density at radius 3 is 2.41 bits per heavy atom. The van der Waals surface area contributed by atoms with Crippen LogP contribution in [-0.4, -0.2) is 21.4 Å². The van der Waals surface area contributed by atoms with Crippen molar-refractivity contribution in [2.24, 2.45) is 5.92 Å². The molecule has 5 nitrogen and oxygen atoms in total. The van der Waals surface area contributed by atoms with E-state index in [-0.39, 0.29) is 11.3 Å². The van der Waals surface area contributed by atoms with Crippen molar-refractivity contribution < 1.29 is 5.11 Å². The second-order valence-electron chi connectivity index (χ2n) is 6.10. The van der Waals surface area contributed by atoms with Crippen LogP contribution >= 0.6 is 0 Å². The molecular formula is C17H23N3O2. The van der Waals surface area contributed by atoms with Crippen LogP contribution in [0.5, 0.6) is 5.75 Å². The average Bonchev–Trinajstić information content (AvgIpc) is 2.39. The van der Waals surface area contributed by atoms with Crippen LogP contribution in [0.4, 0.5) is 0 Å². The summed E-state index contributed by atoms with van der Waals surface area (Å²) in [5, 5.41) is 17.5. The van der Waals surface area contributed by atoms with Crippen molar-refractivity contribution >= 4 is 0 Å². The molecule has 0 spiro atoms. The van der Waals surface area contributed by atoms with Gasteiger partial charge < -0.3 is 10.4 Å². The van der Waals surface area contributed by atoms with E-state index in [9.17, 15) is 9.90 Å². The van der Waals surface area contributed by atoms with Crippen LogP contribution in [0.25, 0.3) is 5.69 Å². The normalized spacial score (nSPS) is 11.1. The SMILES string of the molecule is Cc1cc(C)cc(-n2nc(CNCC(C)C)c(O)cc2=O)c1. The Labute approximate surface area is 130 Å². The third kappa shape index (κ3) is 3.95. The summed E-state index contributed by atoms with van der Waals surface area (Å²) in [5.41, 5.74) is 2.98. The van der Waals surface area contributed by atoms with Crippen molar-refractivity contribution in [1.29, 1.82) is 0 Å². The zero-order chi connectivity index (χ0) is 16.3. The molecule has 118 valence electrons. The first-order valence-corrected chi connectivity index (χ1v) is 7.48. The topological polar surface area (TPSA) is 67.2 Å². The van der Waals surface area contributed by atoms with Crippen molar-refractivity contribution in [2.75, 3.05) is 6.54 Å². The molecule has 0 bridgehead atoms. The minimum Gasteiger partial charge on any atom is -0.506 e. The molecule has 0 saturated heterocycles. The molecule has 2 rings (SSSR count). The first-order chi connectivity index (χ1) is 10.4.